The average molecular weight is 565 g/mol. The average Bonchev–Trinajstić information content (AvgIpc) is 3.34. The Labute approximate surface area is 236 Å². The van der Waals surface area contributed by atoms with Gasteiger partial charge in [0.05, 0.1) is 23.6 Å². The van der Waals surface area contributed by atoms with Crippen molar-refractivity contribution < 1.29 is 22.3 Å². The highest BCUT2D eigenvalue weighted by atomic mass is 32.2. The van der Waals surface area contributed by atoms with E-state index in [1.807, 2.05) is 31.2 Å². The third kappa shape index (κ3) is 7.30. The third-order valence-corrected chi connectivity index (χ3v) is 8.31. The zero-order valence-corrected chi connectivity index (χ0v) is 24.4. The number of halogens is 1. The first-order valence-corrected chi connectivity index (χ1v) is 15.0. The van der Waals surface area contributed by atoms with Crippen LogP contribution in [0.2, 0.25) is 0 Å². The predicted molar refractivity (Wildman–Crippen MR) is 156 cm³/mol. The summed E-state index contributed by atoms with van der Waals surface area (Å²) in [6.07, 6.45) is 5.94. The highest BCUT2D eigenvalue weighted by Crippen LogP contribution is 2.29. The number of unbranched alkanes of at least 4 members (excludes halogenated alkanes) is 1. The second-order valence-corrected chi connectivity index (χ2v) is 12.8. The number of carbonyl (C=O) groups excluding carboxylic acids is 1. The van der Waals surface area contributed by atoms with Gasteiger partial charge in [-0.3, -0.25) is 9.52 Å². The summed E-state index contributed by atoms with van der Waals surface area (Å²) in [6.45, 7) is 9.58. The molecule has 4 rings (SSSR count). The minimum Gasteiger partial charge on any atom is -0.493 e. The standard InChI is InChI=1S/C32H37FN2O4S/c1-5-6-7-8-17-39-27-14-16-30(29(33)20-27)34-40(37,38)28-15-11-24-21-35(22-25(24)19-28)31(36)18-23-9-12-26(13-10-23)32(2,3)4/h5-6,9-16,19-20,34H,7-8,17-18,21-22H2,1-4H3/b6-5-. The van der Waals surface area contributed by atoms with Crippen LogP contribution in [0, 0.1) is 5.82 Å². The van der Waals surface area contributed by atoms with Crippen molar-refractivity contribution in [3.05, 3.63) is 101 Å². The molecule has 1 amide bonds. The molecule has 0 bridgehead atoms. The van der Waals surface area contributed by atoms with Crippen molar-refractivity contribution >= 4 is 21.6 Å². The van der Waals surface area contributed by atoms with Crippen LogP contribution in [-0.2, 0) is 39.7 Å². The van der Waals surface area contributed by atoms with Crippen LogP contribution < -0.4 is 9.46 Å². The maximum Gasteiger partial charge on any atom is 0.261 e. The molecule has 0 atom stereocenters. The van der Waals surface area contributed by atoms with Gasteiger partial charge in [-0.05, 0) is 71.7 Å². The molecular formula is C32H37FN2O4S. The summed E-state index contributed by atoms with van der Waals surface area (Å²) in [5.41, 5.74) is 3.70. The molecule has 0 unspecified atom stereocenters. The van der Waals surface area contributed by atoms with Crippen molar-refractivity contribution in [3.8, 4) is 5.75 Å². The highest BCUT2D eigenvalue weighted by Gasteiger charge is 2.26. The van der Waals surface area contributed by atoms with Crippen molar-refractivity contribution in [2.45, 2.75) is 70.4 Å². The Hall–Kier alpha value is -3.65. The van der Waals surface area contributed by atoms with E-state index in [2.05, 4.69) is 37.6 Å². The number of anilines is 1. The van der Waals surface area contributed by atoms with E-state index >= 15 is 0 Å². The molecule has 1 aliphatic rings. The van der Waals surface area contributed by atoms with E-state index in [1.165, 1.54) is 23.8 Å². The number of fused-ring (bicyclic) bond motifs is 1. The molecule has 0 aromatic heterocycles. The molecule has 0 saturated carbocycles. The van der Waals surface area contributed by atoms with Gasteiger partial charge in [-0.1, -0.05) is 63.3 Å². The van der Waals surface area contributed by atoms with E-state index in [-0.39, 0.29) is 28.3 Å². The van der Waals surface area contributed by atoms with Gasteiger partial charge in [0, 0.05) is 19.2 Å². The first kappa shape index (κ1) is 29.3. The van der Waals surface area contributed by atoms with Crippen LogP contribution in [0.15, 0.2) is 77.7 Å². The molecule has 1 aliphatic heterocycles. The molecule has 0 aliphatic carbocycles. The lowest BCUT2D eigenvalue weighted by Gasteiger charge is -2.19. The molecule has 212 valence electrons. The van der Waals surface area contributed by atoms with Crippen LogP contribution in [0.4, 0.5) is 10.1 Å². The molecule has 0 radical (unpaired) electrons. The molecule has 3 aromatic rings. The van der Waals surface area contributed by atoms with Crippen LogP contribution in [-0.4, -0.2) is 25.8 Å². The van der Waals surface area contributed by atoms with Crippen LogP contribution in [0.25, 0.3) is 0 Å². The number of allylic oxidation sites excluding steroid dienone is 2. The molecule has 1 heterocycles. The van der Waals surface area contributed by atoms with Gasteiger partial charge in [-0.15, -0.1) is 0 Å². The topological polar surface area (TPSA) is 75.7 Å². The number of ether oxygens (including phenoxy) is 1. The Balaban J connectivity index is 1.38. The SMILES string of the molecule is C/C=C\CCCOc1ccc(NS(=O)(=O)c2ccc3c(c2)CN(C(=O)Cc2ccc(C(C)(C)C)cc2)C3)c(F)c1. The minimum atomic E-state index is -4.04. The quantitative estimate of drug-likeness (QED) is 0.219. The van der Waals surface area contributed by atoms with Crippen molar-refractivity contribution in [3.63, 3.8) is 0 Å². The molecule has 0 saturated heterocycles. The summed E-state index contributed by atoms with van der Waals surface area (Å²) in [5, 5.41) is 0. The summed E-state index contributed by atoms with van der Waals surface area (Å²) in [5.74, 6) is -0.398. The van der Waals surface area contributed by atoms with Gasteiger partial charge in [0.15, 0.2) is 5.82 Å². The summed E-state index contributed by atoms with van der Waals surface area (Å²) >= 11 is 0. The molecule has 1 N–H and O–H groups in total. The number of hydrogen-bond acceptors (Lipinski definition) is 4. The lowest BCUT2D eigenvalue weighted by Crippen LogP contribution is -2.26. The number of benzene rings is 3. The van der Waals surface area contributed by atoms with Crippen LogP contribution in [0.5, 0.6) is 5.75 Å². The van der Waals surface area contributed by atoms with Gasteiger partial charge in [0.25, 0.3) is 10.0 Å². The molecule has 40 heavy (non-hydrogen) atoms. The van der Waals surface area contributed by atoms with Crippen molar-refractivity contribution in [2.75, 3.05) is 11.3 Å². The Bertz CT molecular complexity index is 1490. The Kier molecular flexibility index (Phi) is 8.98. The van der Waals surface area contributed by atoms with Crippen molar-refractivity contribution in [2.24, 2.45) is 0 Å². The number of amides is 1. The first-order valence-electron chi connectivity index (χ1n) is 13.5. The predicted octanol–water partition coefficient (Wildman–Crippen LogP) is 6.74. The van der Waals surface area contributed by atoms with Crippen LogP contribution >= 0.6 is 0 Å². The molecule has 0 fully saturated rings. The minimum absolute atomic E-state index is 0.0158. The number of rotatable bonds is 10. The molecule has 8 heteroatoms. The second-order valence-electron chi connectivity index (χ2n) is 11.1. The van der Waals surface area contributed by atoms with Crippen LogP contribution in [0.1, 0.15) is 62.8 Å². The maximum absolute atomic E-state index is 14.7. The summed E-state index contributed by atoms with van der Waals surface area (Å²) < 4.78 is 48.7. The maximum atomic E-state index is 14.7. The lowest BCUT2D eigenvalue weighted by molar-refractivity contribution is -0.131. The largest absolute Gasteiger partial charge is 0.493 e. The zero-order chi connectivity index (χ0) is 28.9. The van der Waals surface area contributed by atoms with Gasteiger partial charge in [-0.25, -0.2) is 12.8 Å². The van der Waals surface area contributed by atoms with Gasteiger partial charge >= 0.3 is 0 Å². The molecule has 0 spiro atoms. The number of carbonyl (C=O) groups is 1. The van der Waals surface area contributed by atoms with E-state index in [0.717, 1.165) is 29.5 Å². The number of nitrogens with one attached hydrogen (secondary N) is 1. The summed E-state index contributed by atoms with van der Waals surface area (Å²) in [7, 11) is -4.04. The van der Waals surface area contributed by atoms with Crippen molar-refractivity contribution in [1.82, 2.24) is 4.90 Å². The second kappa shape index (κ2) is 12.3. The zero-order valence-electron chi connectivity index (χ0n) is 23.5. The molecular weight excluding hydrogens is 527 g/mol. The molecule has 6 nitrogen and oxygen atoms in total. The fourth-order valence-corrected chi connectivity index (χ4v) is 5.67. The number of sulfonamides is 1. The fourth-order valence-electron chi connectivity index (χ4n) is 4.55. The monoisotopic (exact) mass is 564 g/mol. The Morgan fingerprint density at radius 2 is 1.75 bits per heavy atom. The lowest BCUT2D eigenvalue weighted by atomic mass is 9.86. The van der Waals surface area contributed by atoms with E-state index in [0.29, 0.717) is 25.4 Å². The van der Waals surface area contributed by atoms with E-state index < -0.39 is 15.8 Å². The Morgan fingerprint density at radius 1 is 1.02 bits per heavy atom. The van der Waals surface area contributed by atoms with E-state index in [1.54, 1.807) is 23.1 Å². The van der Waals surface area contributed by atoms with Crippen molar-refractivity contribution in [1.29, 1.82) is 0 Å². The van der Waals surface area contributed by atoms with Gasteiger partial charge < -0.3 is 9.64 Å². The summed E-state index contributed by atoms with van der Waals surface area (Å²) in [6, 6.07) is 16.9. The Morgan fingerprint density at radius 3 is 2.42 bits per heavy atom. The first-order chi connectivity index (χ1) is 19.0. The van der Waals surface area contributed by atoms with Gasteiger partial charge in [0.2, 0.25) is 5.91 Å². The number of hydrogen-bond donors (Lipinski definition) is 1. The smallest absolute Gasteiger partial charge is 0.261 e. The fraction of sp³-hybridized carbons (Fsp3) is 0.344. The van der Waals surface area contributed by atoms with Crippen LogP contribution in [0.3, 0.4) is 0 Å². The van der Waals surface area contributed by atoms with E-state index in [4.69, 9.17) is 4.74 Å². The van der Waals surface area contributed by atoms with E-state index in [9.17, 15) is 17.6 Å². The highest BCUT2D eigenvalue weighted by molar-refractivity contribution is 7.92. The normalized spacial score (nSPS) is 13.5. The van der Waals surface area contributed by atoms with Gasteiger partial charge in [0.1, 0.15) is 5.75 Å². The summed E-state index contributed by atoms with van der Waals surface area (Å²) in [4.78, 5) is 14.7. The third-order valence-electron chi connectivity index (χ3n) is 6.94. The van der Waals surface area contributed by atoms with Gasteiger partial charge in [-0.2, -0.15) is 0 Å². The molecule has 3 aromatic carbocycles. The number of nitrogens with zero attached hydrogens (tertiary/aromatic N) is 1.